The Morgan fingerprint density at radius 2 is 1.38 bits per heavy atom. The van der Waals surface area contributed by atoms with E-state index in [4.69, 9.17) is 4.74 Å². The molecule has 0 N–H and O–H groups in total. The fourth-order valence-electron chi connectivity index (χ4n) is 2.01. The molecule has 0 bridgehead atoms. The first-order chi connectivity index (χ1) is 12.5. The summed E-state index contributed by atoms with van der Waals surface area (Å²) in [5, 5.41) is 0. The topological polar surface area (TPSA) is 69.7 Å². The molecular weight excluding hydrogens is 332 g/mol. The van der Waals surface area contributed by atoms with Gasteiger partial charge in [-0.05, 0) is 36.3 Å². The molecule has 0 aromatic heterocycles. The molecule has 0 heterocycles. The fraction of sp³-hybridized carbons (Fsp3) is 0.286. The number of ether oxygens (including phenoxy) is 2. The van der Waals surface area contributed by atoms with Crippen molar-refractivity contribution >= 4 is 17.5 Å². The highest BCUT2D eigenvalue weighted by Gasteiger charge is 2.03. The van der Waals surface area contributed by atoms with Crippen molar-refractivity contribution in [1.82, 2.24) is 0 Å². The van der Waals surface area contributed by atoms with Crippen LogP contribution in [0.2, 0.25) is 0 Å². The zero-order valence-corrected chi connectivity index (χ0v) is 15.1. The molecule has 0 radical (unpaired) electrons. The summed E-state index contributed by atoms with van der Waals surface area (Å²) in [4.78, 5) is 34.2. The van der Waals surface area contributed by atoms with Crippen molar-refractivity contribution in [1.29, 1.82) is 0 Å². The van der Waals surface area contributed by atoms with Gasteiger partial charge in [-0.25, -0.2) is 0 Å². The van der Waals surface area contributed by atoms with Gasteiger partial charge in [0.25, 0.3) is 0 Å². The van der Waals surface area contributed by atoms with Gasteiger partial charge in [0.05, 0.1) is 20.6 Å². The molecule has 0 aliphatic carbocycles. The summed E-state index contributed by atoms with van der Waals surface area (Å²) in [6, 6.07) is 7.63. The summed E-state index contributed by atoms with van der Waals surface area (Å²) < 4.78 is 9.55. The Morgan fingerprint density at radius 3 is 1.92 bits per heavy atom. The highest BCUT2D eigenvalue weighted by Crippen LogP contribution is 2.12. The van der Waals surface area contributed by atoms with E-state index in [2.05, 4.69) is 4.74 Å². The minimum atomic E-state index is -0.404. The summed E-state index contributed by atoms with van der Waals surface area (Å²) in [6.45, 7) is 0. The van der Waals surface area contributed by atoms with E-state index >= 15 is 0 Å². The lowest BCUT2D eigenvalue weighted by molar-refractivity contribution is -0.141. The van der Waals surface area contributed by atoms with E-state index in [9.17, 15) is 14.4 Å². The molecule has 1 aromatic carbocycles. The molecule has 0 aliphatic heterocycles. The number of methoxy groups -OCH3 is 2. The average Bonchev–Trinajstić information content (AvgIpc) is 2.67. The Labute approximate surface area is 154 Å². The molecule has 5 nitrogen and oxygen atoms in total. The molecule has 1 rings (SSSR count). The van der Waals surface area contributed by atoms with Gasteiger partial charge in [0.15, 0.2) is 11.6 Å². The van der Waals surface area contributed by atoms with Crippen LogP contribution in [-0.4, -0.2) is 31.8 Å². The predicted octanol–water partition coefficient (Wildman–Crippen LogP) is 3.39. The largest absolute Gasteiger partial charge is 0.497 e. The van der Waals surface area contributed by atoms with Crippen LogP contribution in [0.15, 0.2) is 60.7 Å². The number of ketones is 2. The molecule has 0 spiro atoms. The standard InChI is InChI=1S/C21H24O5/c1-25-20-14-10-17(11-15-20)9-12-18(22)7-5-3-4-6-8-19(23)13-16-21(24)26-2/h3-8,10-11,14-15H,9,12-13,16H2,1-2H3/b4-3+,7-5+,8-6+. The lowest BCUT2D eigenvalue weighted by Crippen LogP contribution is -2.03. The summed E-state index contributed by atoms with van der Waals surface area (Å²) in [7, 11) is 2.90. The predicted molar refractivity (Wildman–Crippen MR) is 100.0 cm³/mol. The maximum atomic E-state index is 11.8. The Morgan fingerprint density at radius 1 is 0.808 bits per heavy atom. The van der Waals surface area contributed by atoms with E-state index in [1.54, 1.807) is 31.4 Å². The number of hydrogen-bond donors (Lipinski definition) is 0. The molecule has 0 unspecified atom stereocenters. The van der Waals surface area contributed by atoms with Gasteiger partial charge in [0.2, 0.25) is 0 Å². The molecule has 0 saturated carbocycles. The average molecular weight is 356 g/mol. The molecule has 26 heavy (non-hydrogen) atoms. The second kappa shape index (κ2) is 12.4. The van der Waals surface area contributed by atoms with Crippen LogP contribution in [0.5, 0.6) is 5.75 Å². The Kier molecular flexibility index (Phi) is 10.1. The van der Waals surface area contributed by atoms with E-state index in [0.717, 1.165) is 11.3 Å². The number of aryl methyl sites for hydroxylation is 1. The molecule has 0 saturated heterocycles. The van der Waals surface area contributed by atoms with E-state index in [0.29, 0.717) is 12.8 Å². The van der Waals surface area contributed by atoms with E-state index in [1.165, 1.54) is 19.3 Å². The van der Waals surface area contributed by atoms with Crippen LogP contribution in [0.4, 0.5) is 0 Å². The van der Waals surface area contributed by atoms with Gasteiger partial charge in [0.1, 0.15) is 5.75 Å². The number of hydrogen-bond acceptors (Lipinski definition) is 5. The van der Waals surface area contributed by atoms with Crippen LogP contribution in [-0.2, 0) is 25.5 Å². The third-order valence-corrected chi connectivity index (χ3v) is 3.52. The summed E-state index contributed by atoms with van der Waals surface area (Å²) in [5.41, 5.74) is 1.08. The number of carbonyl (C=O) groups excluding carboxylic acids is 3. The van der Waals surface area contributed by atoms with Gasteiger partial charge < -0.3 is 9.47 Å². The lowest BCUT2D eigenvalue weighted by Gasteiger charge is -2.01. The van der Waals surface area contributed by atoms with E-state index in [-0.39, 0.29) is 24.4 Å². The summed E-state index contributed by atoms with van der Waals surface area (Å²) in [5.74, 6) is 0.267. The highest BCUT2D eigenvalue weighted by molar-refractivity contribution is 5.92. The van der Waals surface area contributed by atoms with Gasteiger partial charge >= 0.3 is 5.97 Å². The van der Waals surface area contributed by atoms with Crippen LogP contribution in [0.1, 0.15) is 24.8 Å². The van der Waals surface area contributed by atoms with Crippen LogP contribution in [0.25, 0.3) is 0 Å². The lowest BCUT2D eigenvalue weighted by atomic mass is 10.1. The van der Waals surface area contributed by atoms with Gasteiger partial charge in [-0.2, -0.15) is 0 Å². The van der Waals surface area contributed by atoms with Gasteiger partial charge in [-0.3, -0.25) is 14.4 Å². The zero-order valence-electron chi connectivity index (χ0n) is 15.1. The van der Waals surface area contributed by atoms with Gasteiger partial charge in [-0.1, -0.05) is 36.4 Å². The minimum absolute atomic E-state index is 0.0311. The van der Waals surface area contributed by atoms with Crippen molar-refractivity contribution in [2.45, 2.75) is 25.7 Å². The monoisotopic (exact) mass is 356 g/mol. The van der Waals surface area contributed by atoms with Crippen LogP contribution in [0, 0.1) is 0 Å². The Bertz CT molecular complexity index is 681. The third-order valence-electron chi connectivity index (χ3n) is 3.52. The molecule has 0 atom stereocenters. The fourth-order valence-corrected chi connectivity index (χ4v) is 2.01. The molecule has 0 aliphatic rings. The number of esters is 1. The van der Waals surface area contributed by atoms with Crippen molar-refractivity contribution in [3.63, 3.8) is 0 Å². The molecule has 0 fully saturated rings. The number of allylic oxidation sites excluding steroid dienone is 6. The highest BCUT2D eigenvalue weighted by atomic mass is 16.5. The molecule has 1 aromatic rings. The zero-order chi connectivity index (χ0) is 19.2. The quantitative estimate of drug-likeness (QED) is 0.345. The first-order valence-corrected chi connectivity index (χ1v) is 8.32. The molecule has 138 valence electrons. The first-order valence-electron chi connectivity index (χ1n) is 8.32. The Balaban J connectivity index is 2.27. The van der Waals surface area contributed by atoms with Crippen LogP contribution >= 0.6 is 0 Å². The number of benzene rings is 1. The van der Waals surface area contributed by atoms with Crippen molar-refractivity contribution in [2.75, 3.05) is 14.2 Å². The molecular formula is C21H24O5. The maximum Gasteiger partial charge on any atom is 0.305 e. The second-order valence-corrected chi connectivity index (χ2v) is 5.46. The van der Waals surface area contributed by atoms with Crippen molar-refractivity contribution in [3.05, 3.63) is 66.3 Å². The van der Waals surface area contributed by atoms with Crippen molar-refractivity contribution in [2.24, 2.45) is 0 Å². The van der Waals surface area contributed by atoms with Crippen LogP contribution < -0.4 is 4.74 Å². The third kappa shape index (κ3) is 9.37. The summed E-state index contributed by atoms with van der Waals surface area (Å²) >= 11 is 0. The SMILES string of the molecule is COC(=O)CCC(=O)/C=C/C=C/C=C/C(=O)CCc1ccc(OC)cc1. The van der Waals surface area contributed by atoms with E-state index < -0.39 is 5.97 Å². The smallest absolute Gasteiger partial charge is 0.305 e. The number of carbonyl (C=O) groups is 3. The van der Waals surface area contributed by atoms with Crippen LogP contribution in [0.3, 0.4) is 0 Å². The second-order valence-electron chi connectivity index (χ2n) is 5.46. The molecule has 5 heteroatoms. The molecule has 0 amide bonds. The van der Waals surface area contributed by atoms with Gasteiger partial charge in [-0.15, -0.1) is 0 Å². The summed E-state index contributed by atoms with van der Waals surface area (Å²) in [6.07, 6.45) is 10.7. The maximum absolute atomic E-state index is 11.8. The van der Waals surface area contributed by atoms with E-state index in [1.807, 2.05) is 24.3 Å². The van der Waals surface area contributed by atoms with Crippen molar-refractivity contribution < 1.29 is 23.9 Å². The number of rotatable bonds is 11. The Hall–Kier alpha value is -2.95. The van der Waals surface area contributed by atoms with Crippen molar-refractivity contribution in [3.8, 4) is 5.75 Å². The normalized spacial score (nSPS) is 11.3. The van der Waals surface area contributed by atoms with Gasteiger partial charge in [0, 0.05) is 12.8 Å². The minimum Gasteiger partial charge on any atom is -0.497 e. The first kappa shape index (κ1) is 21.1.